The molecule has 152 valence electrons. The van der Waals surface area contributed by atoms with Crippen molar-refractivity contribution in [1.29, 1.82) is 0 Å². The van der Waals surface area contributed by atoms with E-state index in [1.165, 1.54) is 5.56 Å². The Morgan fingerprint density at radius 2 is 1.72 bits per heavy atom. The van der Waals surface area contributed by atoms with Gasteiger partial charge in [-0.1, -0.05) is 47.0 Å². The number of halogens is 3. The molecule has 0 amide bonds. The van der Waals surface area contributed by atoms with Gasteiger partial charge in [-0.3, -0.25) is 0 Å². The first-order valence-corrected chi connectivity index (χ1v) is 10.8. The maximum absolute atomic E-state index is 6.26. The molecule has 29 heavy (non-hydrogen) atoms. The van der Waals surface area contributed by atoms with Gasteiger partial charge in [0.2, 0.25) is 0 Å². The molecule has 3 rings (SSSR count). The van der Waals surface area contributed by atoms with E-state index in [9.17, 15) is 0 Å². The first kappa shape index (κ1) is 21.8. The molecule has 1 N–H and O–H groups in total. The monoisotopic (exact) mass is 493 g/mol. The van der Waals surface area contributed by atoms with Gasteiger partial charge in [-0.2, -0.15) is 0 Å². The van der Waals surface area contributed by atoms with Crippen molar-refractivity contribution in [3.8, 4) is 11.5 Å². The van der Waals surface area contributed by atoms with E-state index in [2.05, 4.69) is 52.4 Å². The van der Waals surface area contributed by atoms with E-state index in [1.54, 1.807) is 12.1 Å². The Balaban J connectivity index is 1.75. The minimum Gasteiger partial charge on any atom is -0.490 e. The molecule has 0 spiro atoms. The van der Waals surface area contributed by atoms with Gasteiger partial charge >= 0.3 is 0 Å². The molecule has 0 aromatic heterocycles. The third-order valence-corrected chi connectivity index (χ3v) is 5.48. The molecular weight excluding hydrogens is 473 g/mol. The number of aryl methyl sites for hydroxylation is 1. The minimum absolute atomic E-state index is 0.315. The van der Waals surface area contributed by atoms with Crippen molar-refractivity contribution in [2.75, 3.05) is 11.9 Å². The summed E-state index contributed by atoms with van der Waals surface area (Å²) in [4.78, 5) is 0. The number of benzene rings is 3. The van der Waals surface area contributed by atoms with E-state index in [-0.39, 0.29) is 0 Å². The Morgan fingerprint density at radius 3 is 2.41 bits per heavy atom. The largest absolute Gasteiger partial charge is 0.490 e. The summed E-state index contributed by atoms with van der Waals surface area (Å²) in [6.45, 7) is 5.55. The summed E-state index contributed by atoms with van der Waals surface area (Å²) in [5.41, 5.74) is 4.25. The molecule has 0 atom stereocenters. The van der Waals surface area contributed by atoms with Gasteiger partial charge in [-0.25, -0.2) is 0 Å². The number of ether oxygens (including phenoxy) is 2. The Bertz CT molecular complexity index is 977. The van der Waals surface area contributed by atoms with Gasteiger partial charge in [0.15, 0.2) is 11.5 Å². The highest BCUT2D eigenvalue weighted by molar-refractivity contribution is 9.10. The number of rotatable bonds is 8. The number of nitrogens with one attached hydrogen (secondary N) is 1. The van der Waals surface area contributed by atoms with Crippen LogP contribution in [0.5, 0.6) is 11.5 Å². The van der Waals surface area contributed by atoms with Crippen molar-refractivity contribution in [2.24, 2.45) is 0 Å². The maximum atomic E-state index is 6.26. The van der Waals surface area contributed by atoms with E-state index >= 15 is 0 Å². The number of hydrogen-bond donors (Lipinski definition) is 1. The van der Waals surface area contributed by atoms with Crippen LogP contribution in [0.15, 0.2) is 59.1 Å². The first-order valence-electron chi connectivity index (χ1n) is 9.28. The van der Waals surface area contributed by atoms with Crippen molar-refractivity contribution in [2.45, 2.75) is 27.0 Å². The minimum atomic E-state index is 0.315. The molecule has 0 saturated heterocycles. The average molecular weight is 495 g/mol. The second-order valence-electron chi connectivity index (χ2n) is 6.58. The molecule has 0 aliphatic carbocycles. The lowest BCUT2D eigenvalue weighted by atomic mass is 10.1. The Labute approximate surface area is 190 Å². The molecule has 3 aromatic carbocycles. The lowest BCUT2D eigenvalue weighted by Crippen LogP contribution is -2.04. The Morgan fingerprint density at radius 1 is 0.966 bits per heavy atom. The molecule has 0 heterocycles. The van der Waals surface area contributed by atoms with Crippen LogP contribution in [-0.4, -0.2) is 6.61 Å². The predicted molar refractivity (Wildman–Crippen MR) is 125 cm³/mol. The van der Waals surface area contributed by atoms with E-state index in [1.807, 2.05) is 25.1 Å². The fourth-order valence-electron chi connectivity index (χ4n) is 2.79. The van der Waals surface area contributed by atoms with Crippen molar-refractivity contribution in [3.63, 3.8) is 0 Å². The first-order chi connectivity index (χ1) is 14.0. The fraction of sp³-hybridized carbons (Fsp3) is 0.217. The number of anilines is 1. The third kappa shape index (κ3) is 6.05. The number of hydrogen-bond acceptors (Lipinski definition) is 3. The second-order valence-corrected chi connectivity index (χ2v) is 8.28. The van der Waals surface area contributed by atoms with Crippen molar-refractivity contribution >= 4 is 44.8 Å². The second kappa shape index (κ2) is 10.2. The summed E-state index contributed by atoms with van der Waals surface area (Å²) in [7, 11) is 0. The quantitative estimate of drug-likeness (QED) is 0.348. The van der Waals surface area contributed by atoms with Crippen LogP contribution < -0.4 is 14.8 Å². The summed E-state index contributed by atoms with van der Waals surface area (Å²) < 4.78 is 12.7. The predicted octanol–water partition coefficient (Wildman–Crippen LogP) is 7.65. The summed E-state index contributed by atoms with van der Waals surface area (Å²) in [6.07, 6.45) is 0. The summed E-state index contributed by atoms with van der Waals surface area (Å²) in [6, 6.07) is 17.7. The van der Waals surface area contributed by atoms with Crippen LogP contribution in [0, 0.1) is 6.92 Å². The van der Waals surface area contributed by atoms with E-state index in [4.69, 9.17) is 32.7 Å². The van der Waals surface area contributed by atoms with Gasteiger partial charge in [0, 0.05) is 27.8 Å². The van der Waals surface area contributed by atoms with Crippen LogP contribution in [0.1, 0.15) is 23.6 Å². The highest BCUT2D eigenvalue weighted by atomic mass is 79.9. The molecule has 0 unspecified atom stereocenters. The van der Waals surface area contributed by atoms with Crippen LogP contribution >= 0.6 is 39.1 Å². The molecule has 3 nitrogen and oxygen atoms in total. The van der Waals surface area contributed by atoms with Gasteiger partial charge in [-0.15, -0.1) is 0 Å². The molecule has 0 aliphatic heterocycles. The zero-order valence-electron chi connectivity index (χ0n) is 16.3. The molecule has 0 saturated carbocycles. The van der Waals surface area contributed by atoms with Crippen molar-refractivity contribution < 1.29 is 9.47 Å². The average Bonchev–Trinajstić information content (AvgIpc) is 2.68. The SMILES string of the molecule is CCOc1cc(CNc2ccc(C)cc2)cc(Br)c1OCc1ccc(Cl)cc1Cl. The molecule has 0 aliphatic rings. The zero-order chi connectivity index (χ0) is 20.8. The highest BCUT2D eigenvalue weighted by Gasteiger charge is 2.14. The molecule has 3 aromatic rings. The van der Waals surface area contributed by atoms with Gasteiger partial charge < -0.3 is 14.8 Å². The Kier molecular flexibility index (Phi) is 7.70. The molecule has 0 radical (unpaired) electrons. The van der Waals surface area contributed by atoms with Gasteiger partial charge in [0.05, 0.1) is 11.1 Å². The highest BCUT2D eigenvalue weighted by Crippen LogP contribution is 2.38. The van der Waals surface area contributed by atoms with E-state index in [0.29, 0.717) is 41.3 Å². The third-order valence-electron chi connectivity index (χ3n) is 4.30. The lowest BCUT2D eigenvalue weighted by Gasteiger charge is -2.16. The van der Waals surface area contributed by atoms with E-state index in [0.717, 1.165) is 21.3 Å². The van der Waals surface area contributed by atoms with Crippen LogP contribution in [0.4, 0.5) is 5.69 Å². The smallest absolute Gasteiger partial charge is 0.175 e. The van der Waals surface area contributed by atoms with Crippen molar-refractivity contribution in [3.05, 3.63) is 85.8 Å². The van der Waals surface area contributed by atoms with Crippen molar-refractivity contribution in [1.82, 2.24) is 0 Å². The normalized spacial score (nSPS) is 10.7. The van der Waals surface area contributed by atoms with Gasteiger partial charge in [0.1, 0.15) is 6.61 Å². The topological polar surface area (TPSA) is 30.5 Å². The molecular formula is C23H22BrCl2NO2. The molecule has 0 bridgehead atoms. The van der Waals surface area contributed by atoms with Crippen LogP contribution in [0.3, 0.4) is 0 Å². The van der Waals surface area contributed by atoms with Crippen LogP contribution in [-0.2, 0) is 13.2 Å². The van der Waals surface area contributed by atoms with Crippen LogP contribution in [0.2, 0.25) is 10.0 Å². The van der Waals surface area contributed by atoms with Gasteiger partial charge in [-0.05, 0) is 71.7 Å². The van der Waals surface area contributed by atoms with Gasteiger partial charge in [0.25, 0.3) is 0 Å². The molecule has 0 fully saturated rings. The fourth-order valence-corrected chi connectivity index (χ4v) is 3.86. The van der Waals surface area contributed by atoms with Crippen LogP contribution in [0.25, 0.3) is 0 Å². The standard InChI is InChI=1S/C23H22BrCl2NO2/c1-3-28-22-11-16(13-27-19-8-4-15(2)5-9-19)10-20(24)23(22)29-14-17-6-7-18(25)12-21(17)26/h4-12,27H,3,13-14H2,1-2H3. The maximum Gasteiger partial charge on any atom is 0.175 e. The molecule has 6 heteroatoms. The summed E-state index contributed by atoms with van der Waals surface area (Å²) in [5, 5.41) is 4.60. The lowest BCUT2D eigenvalue weighted by molar-refractivity contribution is 0.267. The summed E-state index contributed by atoms with van der Waals surface area (Å²) >= 11 is 15.8. The Hall–Kier alpha value is -1.88. The summed E-state index contributed by atoms with van der Waals surface area (Å²) in [5.74, 6) is 1.34. The van der Waals surface area contributed by atoms with E-state index < -0.39 is 0 Å². The zero-order valence-corrected chi connectivity index (χ0v) is 19.4.